The fourth-order valence-electron chi connectivity index (χ4n) is 3.69. The minimum absolute atomic E-state index is 0.392. The number of pyridine rings is 1. The molecule has 25 heavy (non-hydrogen) atoms. The molecule has 0 aliphatic carbocycles. The number of piperazine rings is 1. The van der Waals surface area contributed by atoms with Gasteiger partial charge in [0.2, 0.25) is 0 Å². The predicted octanol–water partition coefficient (Wildman–Crippen LogP) is 3.01. The van der Waals surface area contributed by atoms with E-state index < -0.39 is 0 Å². The molecule has 0 saturated carbocycles. The van der Waals surface area contributed by atoms with Crippen LogP contribution in [-0.4, -0.2) is 41.1 Å². The number of anilines is 2. The Morgan fingerprint density at radius 3 is 2.80 bits per heavy atom. The molecule has 0 bridgehead atoms. The molecule has 6 nitrogen and oxygen atoms in total. The van der Waals surface area contributed by atoms with E-state index in [-0.39, 0.29) is 0 Å². The summed E-state index contributed by atoms with van der Waals surface area (Å²) in [5.41, 5.74) is 10.1. The lowest BCUT2D eigenvalue weighted by Crippen LogP contribution is -2.43. The van der Waals surface area contributed by atoms with Crippen molar-refractivity contribution < 1.29 is 0 Å². The Bertz CT molecular complexity index is 894. The van der Waals surface area contributed by atoms with Crippen LogP contribution in [0.4, 0.5) is 11.5 Å². The lowest BCUT2D eigenvalue weighted by molar-refractivity contribution is 0.589. The zero-order valence-corrected chi connectivity index (χ0v) is 15.0. The third kappa shape index (κ3) is 2.91. The van der Waals surface area contributed by atoms with E-state index in [4.69, 9.17) is 10.7 Å². The number of H-pyrrole nitrogens is 1. The number of rotatable bonds is 4. The molecule has 4 rings (SSSR count). The molecule has 4 N–H and O–H groups in total. The Kier molecular flexibility index (Phi) is 4.21. The minimum Gasteiger partial charge on any atom is -0.382 e. The number of hydrogen-bond donors (Lipinski definition) is 3. The average molecular weight is 338 g/mol. The fourth-order valence-corrected chi connectivity index (χ4v) is 3.69. The first-order chi connectivity index (χ1) is 12.2. The number of nitrogen functional groups attached to an aromatic ring is 1. The van der Waals surface area contributed by atoms with Crippen molar-refractivity contribution in [2.24, 2.45) is 0 Å². The monoisotopic (exact) mass is 338 g/mol. The summed E-state index contributed by atoms with van der Waals surface area (Å²) in [6.45, 7) is 8.50. The zero-order chi connectivity index (χ0) is 17.4. The Morgan fingerprint density at radius 1 is 1.24 bits per heavy atom. The number of nitrogens with one attached hydrogen (secondary N) is 2. The second kappa shape index (κ2) is 6.52. The summed E-state index contributed by atoms with van der Waals surface area (Å²) < 4.78 is 0. The summed E-state index contributed by atoms with van der Waals surface area (Å²) in [6, 6.07) is 6.41. The molecule has 3 heterocycles. The van der Waals surface area contributed by atoms with E-state index in [1.165, 1.54) is 5.69 Å². The van der Waals surface area contributed by atoms with Gasteiger partial charge in [-0.15, -0.1) is 0 Å². The molecule has 1 fully saturated rings. The molecule has 0 amide bonds. The van der Waals surface area contributed by atoms with E-state index in [9.17, 15) is 0 Å². The molecule has 0 spiro atoms. The normalized spacial score (nSPS) is 16.6. The van der Waals surface area contributed by atoms with Crippen molar-refractivity contribution in [1.29, 1.82) is 0 Å². The number of imidazole rings is 1. The highest BCUT2D eigenvalue weighted by Gasteiger charge is 2.17. The highest BCUT2D eigenvalue weighted by atomic mass is 15.2. The molecule has 1 saturated heterocycles. The number of nitrogens with zero attached hydrogens (tertiary/aromatic N) is 3. The first-order valence-corrected chi connectivity index (χ1v) is 9.22. The lowest BCUT2D eigenvalue weighted by atomic mass is 10.1. The van der Waals surface area contributed by atoms with E-state index in [2.05, 4.69) is 52.2 Å². The highest BCUT2D eigenvalue weighted by Crippen LogP contribution is 2.31. The van der Waals surface area contributed by atoms with Crippen LogP contribution in [0.15, 0.2) is 18.2 Å². The SMILES string of the molecule is CCCC(C)c1nc2c([nH]1)c(N)nc1ccc(N3CCNCC3)cc12. The van der Waals surface area contributed by atoms with Gasteiger partial charge in [0, 0.05) is 43.2 Å². The van der Waals surface area contributed by atoms with Gasteiger partial charge in [-0.25, -0.2) is 9.97 Å². The largest absolute Gasteiger partial charge is 0.382 e. The second-order valence-electron chi connectivity index (χ2n) is 6.97. The van der Waals surface area contributed by atoms with Gasteiger partial charge in [0.1, 0.15) is 22.7 Å². The maximum atomic E-state index is 6.19. The highest BCUT2D eigenvalue weighted by molar-refractivity contribution is 6.07. The third-order valence-electron chi connectivity index (χ3n) is 5.13. The summed E-state index contributed by atoms with van der Waals surface area (Å²) in [6.07, 6.45) is 2.25. The zero-order valence-electron chi connectivity index (χ0n) is 15.0. The molecule has 132 valence electrons. The van der Waals surface area contributed by atoms with Crippen LogP contribution in [-0.2, 0) is 0 Å². The Morgan fingerprint density at radius 2 is 2.04 bits per heavy atom. The number of aromatic amines is 1. The summed E-state index contributed by atoms with van der Waals surface area (Å²) >= 11 is 0. The Labute approximate surface area is 147 Å². The third-order valence-corrected chi connectivity index (χ3v) is 5.13. The van der Waals surface area contributed by atoms with Crippen molar-refractivity contribution in [3.8, 4) is 0 Å². The van der Waals surface area contributed by atoms with Gasteiger partial charge in [0.05, 0.1) is 5.52 Å². The Hall–Kier alpha value is -2.34. The summed E-state index contributed by atoms with van der Waals surface area (Å²) in [4.78, 5) is 15.3. The molecule has 1 atom stereocenters. The summed E-state index contributed by atoms with van der Waals surface area (Å²) in [5, 5.41) is 4.47. The van der Waals surface area contributed by atoms with Gasteiger partial charge in [-0.2, -0.15) is 0 Å². The van der Waals surface area contributed by atoms with Crippen molar-refractivity contribution >= 4 is 33.4 Å². The van der Waals surface area contributed by atoms with Crippen LogP contribution in [0.25, 0.3) is 21.9 Å². The molecule has 1 aromatic carbocycles. The number of aromatic nitrogens is 3. The van der Waals surface area contributed by atoms with Crippen molar-refractivity contribution in [3.05, 3.63) is 24.0 Å². The van der Waals surface area contributed by atoms with Gasteiger partial charge in [0.25, 0.3) is 0 Å². The van der Waals surface area contributed by atoms with Gasteiger partial charge >= 0.3 is 0 Å². The van der Waals surface area contributed by atoms with Crippen LogP contribution in [0.2, 0.25) is 0 Å². The maximum absolute atomic E-state index is 6.19. The second-order valence-corrected chi connectivity index (χ2v) is 6.97. The van der Waals surface area contributed by atoms with Crippen LogP contribution >= 0.6 is 0 Å². The first-order valence-electron chi connectivity index (χ1n) is 9.22. The molecule has 1 unspecified atom stereocenters. The van der Waals surface area contributed by atoms with Crippen molar-refractivity contribution in [2.75, 3.05) is 36.8 Å². The van der Waals surface area contributed by atoms with E-state index in [0.29, 0.717) is 11.7 Å². The van der Waals surface area contributed by atoms with E-state index >= 15 is 0 Å². The molecule has 2 aromatic heterocycles. The number of nitrogens with two attached hydrogens (primary N) is 1. The molecular weight excluding hydrogens is 312 g/mol. The molecule has 6 heteroatoms. The van der Waals surface area contributed by atoms with Gasteiger partial charge in [-0.3, -0.25) is 0 Å². The van der Waals surface area contributed by atoms with Gasteiger partial charge < -0.3 is 20.9 Å². The van der Waals surface area contributed by atoms with Crippen LogP contribution < -0.4 is 16.0 Å². The standard InChI is InChI=1S/C19H26N6/c1-3-4-12(2)19-23-16-14-11-13(25-9-7-21-8-10-25)5-6-15(14)22-18(20)17(16)24-19/h5-6,11-12,21H,3-4,7-10H2,1-2H3,(H2,20,22)(H,23,24). The predicted molar refractivity (Wildman–Crippen MR) is 104 cm³/mol. The summed E-state index contributed by atoms with van der Waals surface area (Å²) in [7, 11) is 0. The molecule has 3 aromatic rings. The smallest absolute Gasteiger partial charge is 0.150 e. The molecular formula is C19H26N6. The van der Waals surface area contributed by atoms with Crippen LogP contribution in [0, 0.1) is 0 Å². The first kappa shape index (κ1) is 16.1. The van der Waals surface area contributed by atoms with Gasteiger partial charge in [-0.1, -0.05) is 20.3 Å². The fraction of sp³-hybridized carbons (Fsp3) is 0.474. The molecule has 1 aliphatic rings. The number of hydrogen-bond acceptors (Lipinski definition) is 5. The van der Waals surface area contributed by atoms with Crippen molar-refractivity contribution in [3.63, 3.8) is 0 Å². The van der Waals surface area contributed by atoms with E-state index in [0.717, 1.165) is 66.8 Å². The molecule has 1 aliphatic heterocycles. The van der Waals surface area contributed by atoms with Crippen LogP contribution in [0.3, 0.4) is 0 Å². The van der Waals surface area contributed by atoms with Crippen molar-refractivity contribution in [2.45, 2.75) is 32.6 Å². The van der Waals surface area contributed by atoms with Gasteiger partial charge in [-0.05, 0) is 24.6 Å². The number of fused-ring (bicyclic) bond motifs is 3. The van der Waals surface area contributed by atoms with Crippen LogP contribution in [0.1, 0.15) is 38.4 Å². The average Bonchev–Trinajstić information content (AvgIpc) is 3.09. The number of benzene rings is 1. The van der Waals surface area contributed by atoms with Crippen molar-refractivity contribution in [1.82, 2.24) is 20.3 Å². The lowest BCUT2D eigenvalue weighted by Gasteiger charge is -2.29. The maximum Gasteiger partial charge on any atom is 0.150 e. The van der Waals surface area contributed by atoms with E-state index in [1.807, 2.05) is 0 Å². The Balaban J connectivity index is 1.84. The summed E-state index contributed by atoms with van der Waals surface area (Å²) in [5.74, 6) is 1.92. The minimum atomic E-state index is 0.392. The van der Waals surface area contributed by atoms with E-state index in [1.54, 1.807) is 0 Å². The van der Waals surface area contributed by atoms with Gasteiger partial charge in [0.15, 0.2) is 0 Å². The topological polar surface area (TPSA) is 82.9 Å². The quantitative estimate of drug-likeness (QED) is 0.681. The van der Waals surface area contributed by atoms with Crippen LogP contribution in [0.5, 0.6) is 0 Å². The molecule has 0 radical (unpaired) electrons.